The number of hydrogen-bond donors (Lipinski definition) is 1. The van der Waals surface area contributed by atoms with Crippen LogP contribution in [-0.4, -0.2) is 42.3 Å². The molecule has 0 aromatic rings. The molecular formula is C13H28O2S. The Morgan fingerprint density at radius 3 is 2.19 bits per heavy atom. The van der Waals surface area contributed by atoms with Gasteiger partial charge in [0.15, 0.2) is 0 Å². The third-order valence-electron chi connectivity index (χ3n) is 3.60. The molecule has 0 fully saturated rings. The van der Waals surface area contributed by atoms with E-state index in [1.807, 2.05) is 0 Å². The van der Waals surface area contributed by atoms with Crippen molar-refractivity contribution in [3.05, 3.63) is 12.2 Å². The highest BCUT2D eigenvalue weighted by molar-refractivity contribution is 8.48. The summed E-state index contributed by atoms with van der Waals surface area (Å²) in [4.78, 5) is 11.2. The molecule has 0 aliphatic carbocycles. The topological polar surface area (TPSA) is 26.3 Å². The highest BCUT2D eigenvalue weighted by atomic mass is 32.3. The molecule has 0 atom stereocenters. The van der Waals surface area contributed by atoms with Gasteiger partial charge in [0.2, 0.25) is 0 Å². The third kappa shape index (κ3) is 5.06. The van der Waals surface area contributed by atoms with E-state index in [0.717, 1.165) is 11.7 Å². The molecule has 0 aromatic carbocycles. The number of hydrogen-bond acceptors (Lipinski definition) is 2. The van der Waals surface area contributed by atoms with Crippen LogP contribution in [0, 0.1) is 0 Å². The number of esters is 1. The zero-order valence-corrected chi connectivity index (χ0v) is 12.6. The van der Waals surface area contributed by atoms with Gasteiger partial charge < -0.3 is 4.74 Å². The Morgan fingerprint density at radius 2 is 1.81 bits per heavy atom. The molecule has 16 heavy (non-hydrogen) atoms. The Kier molecular flexibility index (Phi) is 5.12. The highest BCUT2D eigenvalue weighted by Crippen LogP contribution is 2.63. The molecule has 0 radical (unpaired) electrons. The van der Waals surface area contributed by atoms with E-state index in [1.165, 1.54) is 5.75 Å². The van der Waals surface area contributed by atoms with Crippen LogP contribution in [0.15, 0.2) is 12.2 Å². The van der Waals surface area contributed by atoms with E-state index in [1.54, 1.807) is 6.92 Å². The van der Waals surface area contributed by atoms with Gasteiger partial charge in [0.05, 0.1) is 6.61 Å². The van der Waals surface area contributed by atoms with Gasteiger partial charge in [0.25, 0.3) is 0 Å². The lowest BCUT2D eigenvalue weighted by Crippen LogP contribution is -2.28. The van der Waals surface area contributed by atoms with E-state index in [2.05, 4.69) is 39.2 Å². The van der Waals surface area contributed by atoms with Gasteiger partial charge in [-0.05, 0) is 43.1 Å². The van der Waals surface area contributed by atoms with E-state index >= 15 is 0 Å². The zero-order chi connectivity index (χ0) is 13.0. The Morgan fingerprint density at radius 1 is 1.31 bits per heavy atom. The fourth-order valence-corrected chi connectivity index (χ4v) is 2.95. The SMILES string of the molecule is C=C(C)C(=O)OCCC[SH](C)(C)(C)C(C)C. The molecule has 0 aliphatic rings. The fourth-order valence-electron chi connectivity index (χ4n) is 1.18. The van der Waals surface area contributed by atoms with Crippen molar-refractivity contribution in [2.24, 2.45) is 0 Å². The molecule has 0 spiro atoms. The summed E-state index contributed by atoms with van der Waals surface area (Å²) >= 11 is 0. The van der Waals surface area contributed by atoms with E-state index in [-0.39, 0.29) is 5.97 Å². The van der Waals surface area contributed by atoms with Crippen LogP contribution < -0.4 is 0 Å². The van der Waals surface area contributed by atoms with Crippen LogP contribution in [-0.2, 0) is 9.53 Å². The molecule has 0 aromatic heterocycles. The summed E-state index contributed by atoms with van der Waals surface area (Å²) in [6.07, 6.45) is 8.16. The van der Waals surface area contributed by atoms with E-state index in [4.69, 9.17) is 4.74 Å². The second-order valence-corrected chi connectivity index (χ2v) is 14.3. The van der Waals surface area contributed by atoms with Gasteiger partial charge in [-0.25, -0.2) is 4.79 Å². The van der Waals surface area contributed by atoms with Crippen LogP contribution in [0.1, 0.15) is 27.2 Å². The van der Waals surface area contributed by atoms with E-state index in [0.29, 0.717) is 12.2 Å². The van der Waals surface area contributed by atoms with Crippen molar-refractivity contribution >= 4 is 15.1 Å². The molecule has 0 saturated carbocycles. The van der Waals surface area contributed by atoms with Gasteiger partial charge >= 0.3 is 5.97 Å². The molecule has 0 N–H and O–H groups in total. The summed E-state index contributed by atoms with van der Waals surface area (Å²) < 4.78 is 5.11. The maximum Gasteiger partial charge on any atom is 0.333 e. The first-order valence-corrected chi connectivity index (χ1v) is 9.70. The molecule has 0 unspecified atom stereocenters. The maximum absolute atomic E-state index is 11.2. The molecular weight excluding hydrogens is 220 g/mol. The predicted octanol–water partition coefficient (Wildman–Crippen LogP) is 2.87. The van der Waals surface area contributed by atoms with Crippen molar-refractivity contribution in [1.82, 2.24) is 0 Å². The largest absolute Gasteiger partial charge is 0.462 e. The second-order valence-electron chi connectivity index (χ2n) is 6.33. The first kappa shape index (κ1) is 15.6. The predicted molar refractivity (Wildman–Crippen MR) is 77.2 cm³/mol. The van der Waals surface area contributed by atoms with E-state index in [9.17, 15) is 4.79 Å². The van der Waals surface area contributed by atoms with Crippen LogP contribution in [0.2, 0.25) is 0 Å². The molecule has 2 nitrogen and oxygen atoms in total. The second kappa shape index (κ2) is 5.26. The Bertz CT molecular complexity index is 271. The average molecular weight is 248 g/mol. The highest BCUT2D eigenvalue weighted by Gasteiger charge is 2.28. The van der Waals surface area contributed by atoms with Gasteiger partial charge in [-0.1, -0.05) is 20.4 Å². The molecule has 98 valence electrons. The summed E-state index contributed by atoms with van der Waals surface area (Å²) in [7, 11) is -1.56. The lowest BCUT2D eigenvalue weighted by atomic mass is 10.4. The summed E-state index contributed by atoms with van der Waals surface area (Å²) in [5.41, 5.74) is 0.478. The Labute approximate surface area is 101 Å². The monoisotopic (exact) mass is 248 g/mol. The van der Waals surface area contributed by atoms with E-state index < -0.39 is 9.16 Å². The van der Waals surface area contributed by atoms with Crippen molar-refractivity contribution in [3.63, 3.8) is 0 Å². The van der Waals surface area contributed by atoms with Crippen LogP contribution in [0.3, 0.4) is 0 Å². The molecule has 0 heterocycles. The fraction of sp³-hybridized carbons (Fsp3) is 0.769. The Hall–Kier alpha value is -0.440. The molecule has 0 amide bonds. The van der Waals surface area contributed by atoms with Gasteiger partial charge in [-0.2, -0.15) is 0 Å². The minimum Gasteiger partial charge on any atom is -0.462 e. The van der Waals surface area contributed by atoms with Crippen LogP contribution >= 0.6 is 9.16 Å². The van der Waals surface area contributed by atoms with Crippen molar-refractivity contribution < 1.29 is 9.53 Å². The van der Waals surface area contributed by atoms with Gasteiger partial charge in [-0.3, -0.25) is 9.16 Å². The molecule has 0 bridgehead atoms. The quantitative estimate of drug-likeness (QED) is 0.338. The average Bonchev–Trinajstić information content (AvgIpc) is 2.11. The molecule has 0 rings (SSSR count). The van der Waals surface area contributed by atoms with Gasteiger partial charge in [0, 0.05) is 5.57 Å². The number of rotatable bonds is 6. The number of thiol groups is 1. The number of ether oxygens (including phenoxy) is 1. The van der Waals surface area contributed by atoms with Crippen LogP contribution in [0.4, 0.5) is 0 Å². The minimum absolute atomic E-state index is 0.270. The standard InChI is InChI=1S/C13H28O2S/c1-11(2)13(14)15-9-8-10-16(5,6,7)12(3)4/h12,16H,1,8-10H2,2-7H3. The van der Waals surface area contributed by atoms with Crippen molar-refractivity contribution in [2.75, 3.05) is 31.1 Å². The normalized spacial score (nSPS) is 14.3. The smallest absolute Gasteiger partial charge is 0.333 e. The van der Waals surface area contributed by atoms with Gasteiger partial charge in [0.1, 0.15) is 0 Å². The van der Waals surface area contributed by atoms with Crippen LogP contribution in [0.25, 0.3) is 0 Å². The van der Waals surface area contributed by atoms with Crippen LogP contribution in [0.5, 0.6) is 0 Å². The Balaban J connectivity index is 4.01. The summed E-state index contributed by atoms with van der Waals surface area (Å²) in [6, 6.07) is 0. The molecule has 0 saturated heterocycles. The first-order chi connectivity index (χ1) is 7.04. The summed E-state index contributed by atoms with van der Waals surface area (Å²) in [6.45, 7) is 10.3. The number of carbonyl (C=O) groups excluding carboxylic acids is 1. The molecule has 3 heteroatoms. The third-order valence-corrected chi connectivity index (χ3v) is 9.34. The lowest BCUT2D eigenvalue weighted by molar-refractivity contribution is -0.138. The first-order valence-electron chi connectivity index (χ1n) is 5.87. The maximum atomic E-state index is 11.2. The lowest BCUT2D eigenvalue weighted by Gasteiger charge is -2.55. The van der Waals surface area contributed by atoms with Gasteiger partial charge in [-0.15, -0.1) is 0 Å². The van der Waals surface area contributed by atoms with Crippen molar-refractivity contribution in [1.29, 1.82) is 0 Å². The number of carbonyl (C=O) groups is 1. The minimum atomic E-state index is -1.56. The summed E-state index contributed by atoms with van der Waals surface area (Å²) in [5, 5.41) is 0.725. The molecule has 0 aliphatic heterocycles. The van der Waals surface area contributed by atoms with Crippen molar-refractivity contribution in [3.8, 4) is 0 Å². The van der Waals surface area contributed by atoms with Crippen molar-refractivity contribution in [2.45, 2.75) is 32.4 Å². The zero-order valence-electron chi connectivity index (χ0n) is 11.7. The summed E-state index contributed by atoms with van der Waals surface area (Å²) in [5.74, 6) is 0.903.